The first-order valence-corrected chi connectivity index (χ1v) is 11.2. The van der Waals surface area contributed by atoms with Crippen LogP contribution in [0.3, 0.4) is 0 Å². The molecule has 3 aromatic carbocycles. The normalized spacial score (nSPS) is 18.5. The molecule has 0 unspecified atom stereocenters. The molecule has 0 radical (unpaired) electrons. The summed E-state index contributed by atoms with van der Waals surface area (Å²) in [5.41, 5.74) is 3.34. The molecule has 2 heterocycles. The number of carbonyl (C=O) groups is 2. The third kappa shape index (κ3) is 3.56. The van der Waals surface area contributed by atoms with E-state index in [1.165, 1.54) is 32.4 Å². The minimum Gasteiger partial charge on any atom is -0.493 e. The fourth-order valence-electron chi connectivity index (χ4n) is 4.93. The lowest BCUT2D eigenvalue weighted by molar-refractivity contribution is -0.119. The molecule has 0 aliphatic carbocycles. The molecule has 0 bridgehead atoms. The number of methoxy groups -OCH3 is 2. The average Bonchev–Trinajstić information content (AvgIpc) is 2.85. The highest BCUT2D eigenvalue weighted by Gasteiger charge is 2.47. The highest BCUT2D eigenvalue weighted by atomic mass is 35.5. The lowest BCUT2D eigenvalue weighted by Crippen LogP contribution is -2.49. The zero-order valence-electron chi connectivity index (χ0n) is 18.6. The van der Waals surface area contributed by atoms with E-state index in [9.17, 15) is 14.0 Å². The maximum atomic E-state index is 13.8. The molecule has 34 heavy (non-hydrogen) atoms. The van der Waals surface area contributed by atoms with Crippen LogP contribution in [0.2, 0.25) is 5.02 Å². The highest BCUT2D eigenvalue weighted by Crippen LogP contribution is 2.48. The Morgan fingerprint density at radius 3 is 2.53 bits per heavy atom. The molecular formula is C26H22ClFN2O4. The van der Waals surface area contributed by atoms with Crippen LogP contribution in [0.15, 0.2) is 54.6 Å². The van der Waals surface area contributed by atoms with Gasteiger partial charge in [-0.15, -0.1) is 0 Å². The first-order chi connectivity index (χ1) is 16.4. The van der Waals surface area contributed by atoms with E-state index in [4.69, 9.17) is 21.1 Å². The Morgan fingerprint density at radius 2 is 1.79 bits per heavy atom. The highest BCUT2D eigenvalue weighted by molar-refractivity contribution is 6.31. The molecule has 0 saturated heterocycles. The molecule has 2 amide bonds. The molecule has 0 fully saturated rings. The number of rotatable bonds is 4. The zero-order valence-corrected chi connectivity index (χ0v) is 19.4. The summed E-state index contributed by atoms with van der Waals surface area (Å²) in [7, 11) is 3.01. The molecule has 5 rings (SSSR count). The molecule has 0 saturated carbocycles. The smallest absolute Gasteiger partial charge is 0.254 e. The summed E-state index contributed by atoms with van der Waals surface area (Å²) >= 11 is 5.92. The number of amides is 2. The maximum Gasteiger partial charge on any atom is 0.254 e. The number of hydrogen-bond acceptors (Lipinski definition) is 4. The molecular weight excluding hydrogens is 459 g/mol. The minimum absolute atomic E-state index is 0.0898. The van der Waals surface area contributed by atoms with Crippen molar-refractivity contribution in [3.05, 3.63) is 87.7 Å². The van der Waals surface area contributed by atoms with Crippen molar-refractivity contribution < 1.29 is 23.5 Å². The molecule has 1 N–H and O–H groups in total. The molecule has 3 aromatic rings. The Balaban J connectivity index is 1.67. The van der Waals surface area contributed by atoms with Crippen LogP contribution in [0, 0.1) is 5.82 Å². The Labute approximate surface area is 201 Å². The Morgan fingerprint density at radius 1 is 1.06 bits per heavy atom. The van der Waals surface area contributed by atoms with Crippen LogP contribution < -0.4 is 14.8 Å². The second-order valence-electron chi connectivity index (χ2n) is 8.28. The summed E-state index contributed by atoms with van der Waals surface area (Å²) in [6.07, 6.45) is 0.697. The molecule has 2 aliphatic rings. The van der Waals surface area contributed by atoms with Gasteiger partial charge < -0.3 is 19.7 Å². The lowest BCUT2D eigenvalue weighted by atomic mass is 9.75. The SMILES string of the molecule is COc1cc2c(cc1OC)[C@H](C(=O)Nc1ccc(F)c(Cl)c1)[C@H]1c3ccccc3CCN1C2=O. The number of fused-ring (bicyclic) bond motifs is 4. The Bertz CT molecular complexity index is 1310. The van der Waals surface area contributed by atoms with Gasteiger partial charge in [0.05, 0.1) is 31.2 Å². The van der Waals surface area contributed by atoms with Gasteiger partial charge in [0.15, 0.2) is 11.5 Å². The van der Waals surface area contributed by atoms with Gasteiger partial charge in [0.1, 0.15) is 5.82 Å². The van der Waals surface area contributed by atoms with Crippen molar-refractivity contribution in [1.82, 2.24) is 4.90 Å². The topological polar surface area (TPSA) is 67.9 Å². The first-order valence-electron chi connectivity index (χ1n) is 10.8. The second kappa shape index (κ2) is 8.65. The summed E-state index contributed by atoms with van der Waals surface area (Å²) in [5, 5.41) is 2.78. The summed E-state index contributed by atoms with van der Waals surface area (Å²) in [6.45, 7) is 0.487. The summed E-state index contributed by atoms with van der Waals surface area (Å²) in [6, 6.07) is 14.7. The van der Waals surface area contributed by atoms with Crippen molar-refractivity contribution in [2.75, 3.05) is 26.1 Å². The van der Waals surface area contributed by atoms with Crippen molar-refractivity contribution in [2.45, 2.75) is 18.4 Å². The first kappa shape index (κ1) is 22.2. The zero-order chi connectivity index (χ0) is 24.0. The van der Waals surface area contributed by atoms with Crippen LogP contribution in [0.5, 0.6) is 11.5 Å². The lowest BCUT2D eigenvalue weighted by Gasteiger charge is -2.45. The van der Waals surface area contributed by atoms with Crippen LogP contribution in [0.25, 0.3) is 0 Å². The van der Waals surface area contributed by atoms with Gasteiger partial charge in [-0.05, 0) is 53.4 Å². The van der Waals surface area contributed by atoms with Gasteiger partial charge in [0.2, 0.25) is 5.91 Å². The Kier molecular flexibility index (Phi) is 5.65. The minimum atomic E-state index is -0.738. The predicted molar refractivity (Wildman–Crippen MR) is 126 cm³/mol. The number of ether oxygens (including phenoxy) is 2. The van der Waals surface area contributed by atoms with Crippen molar-refractivity contribution in [2.24, 2.45) is 0 Å². The van der Waals surface area contributed by atoms with E-state index in [1.54, 1.807) is 17.0 Å². The number of benzene rings is 3. The molecule has 174 valence electrons. The van der Waals surface area contributed by atoms with E-state index < -0.39 is 17.8 Å². The van der Waals surface area contributed by atoms with Crippen LogP contribution in [0.1, 0.15) is 39.0 Å². The number of carbonyl (C=O) groups excluding carboxylic acids is 2. The maximum absolute atomic E-state index is 13.8. The summed E-state index contributed by atoms with van der Waals surface area (Å²) < 4.78 is 24.5. The van der Waals surface area contributed by atoms with Crippen LogP contribution in [0.4, 0.5) is 10.1 Å². The van der Waals surface area contributed by atoms with Crippen molar-refractivity contribution in [3.63, 3.8) is 0 Å². The van der Waals surface area contributed by atoms with Gasteiger partial charge >= 0.3 is 0 Å². The number of halogens is 2. The standard InChI is InChI=1S/C26H22ClFN2O4/c1-33-21-12-17-18(13-22(21)34-2)26(32)30-10-9-14-5-3-4-6-16(14)24(30)23(17)25(31)29-15-7-8-20(28)19(27)11-15/h3-8,11-13,23-24H,9-10H2,1-2H3,(H,29,31)/t23-,24+/m0/s1. The van der Waals surface area contributed by atoms with E-state index >= 15 is 0 Å². The summed E-state index contributed by atoms with van der Waals surface area (Å²) in [5.74, 6) is -0.973. The molecule has 8 heteroatoms. The second-order valence-corrected chi connectivity index (χ2v) is 8.69. The molecule has 2 aliphatic heterocycles. The average molecular weight is 481 g/mol. The molecule has 0 aromatic heterocycles. The van der Waals surface area contributed by atoms with Gasteiger partial charge in [0, 0.05) is 17.8 Å². The van der Waals surface area contributed by atoms with E-state index in [0.717, 1.165) is 11.1 Å². The fraction of sp³-hybridized carbons (Fsp3) is 0.231. The van der Waals surface area contributed by atoms with Crippen LogP contribution in [-0.2, 0) is 11.2 Å². The summed E-state index contributed by atoms with van der Waals surface area (Å²) in [4.78, 5) is 29.1. The molecule has 0 spiro atoms. The number of anilines is 1. The van der Waals surface area contributed by atoms with Gasteiger partial charge in [-0.25, -0.2) is 4.39 Å². The number of nitrogens with zero attached hydrogens (tertiary/aromatic N) is 1. The van der Waals surface area contributed by atoms with Gasteiger partial charge in [0.25, 0.3) is 5.91 Å². The quantitative estimate of drug-likeness (QED) is 0.572. The van der Waals surface area contributed by atoms with Crippen molar-refractivity contribution in [1.29, 1.82) is 0 Å². The molecule has 2 atom stereocenters. The molecule has 6 nitrogen and oxygen atoms in total. The van der Waals surface area contributed by atoms with Gasteiger partial charge in [-0.3, -0.25) is 9.59 Å². The van der Waals surface area contributed by atoms with E-state index in [0.29, 0.717) is 41.3 Å². The monoisotopic (exact) mass is 480 g/mol. The van der Waals surface area contributed by atoms with Crippen molar-refractivity contribution in [3.8, 4) is 11.5 Å². The third-order valence-electron chi connectivity index (χ3n) is 6.50. The van der Waals surface area contributed by atoms with Gasteiger partial charge in [-0.2, -0.15) is 0 Å². The van der Waals surface area contributed by atoms with Crippen molar-refractivity contribution >= 4 is 29.1 Å². The van der Waals surface area contributed by atoms with E-state index in [1.807, 2.05) is 24.3 Å². The van der Waals surface area contributed by atoms with E-state index in [2.05, 4.69) is 5.32 Å². The Hall–Kier alpha value is -3.58. The van der Waals surface area contributed by atoms with E-state index in [-0.39, 0.29) is 16.8 Å². The predicted octanol–water partition coefficient (Wildman–Crippen LogP) is 4.97. The third-order valence-corrected chi connectivity index (χ3v) is 6.79. The van der Waals surface area contributed by atoms with Crippen LogP contribution in [-0.4, -0.2) is 37.5 Å². The van der Waals surface area contributed by atoms with Gasteiger partial charge in [-0.1, -0.05) is 35.9 Å². The number of hydrogen-bond donors (Lipinski definition) is 1. The fourth-order valence-corrected chi connectivity index (χ4v) is 5.11. The number of nitrogens with one attached hydrogen (secondary N) is 1. The van der Waals surface area contributed by atoms with Crippen LogP contribution >= 0.6 is 11.6 Å². The largest absolute Gasteiger partial charge is 0.493 e.